The first kappa shape index (κ1) is 21.6. The second-order valence-electron chi connectivity index (χ2n) is 7.78. The van der Waals surface area contributed by atoms with Gasteiger partial charge in [-0.2, -0.15) is 5.10 Å². The van der Waals surface area contributed by atoms with Crippen LogP contribution in [0.15, 0.2) is 42.5 Å². The highest BCUT2D eigenvalue weighted by atomic mass is 19.2. The number of amides is 2. The van der Waals surface area contributed by atoms with Gasteiger partial charge in [0.15, 0.2) is 17.3 Å². The minimum absolute atomic E-state index is 0.0155. The van der Waals surface area contributed by atoms with Crippen molar-refractivity contribution in [2.45, 2.75) is 25.7 Å². The van der Waals surface area contributed by atoms with Crippen LogP contribution in [0.2, 0.25) is 0 Å². The summed E-state index contributed by atoms with van der Waals surface area (Å²) in [5, 5.41) is 7.05. The van der Waals surface area contributed by atoms with Crippen molar-refractivity contribution in [1.29, 1.82) is 0 Å². The number of nitrogens with zero attached hydrogens (tertiary/aromatic N) is 2. The molecule has 1 aromatic heterocycles. The normalized spacial score (nSPS) is 13.6. The molecule has 9 heteroatoms. The van der Waals surface area contributed by atoms with Crippen LogP contribution >= 0.6 is 0 Å². The molecule has 32 heavy (non-hydrogen) atoms. The molecule has 0 radical (unpaired) electrons. The van der Waals surface area contributed by atoms with E-state index in [4.69, 9.17) is 5.73 Å². The molecule has 3 aromatic rings. The molecule has 0 saturated carbocycles. The fourth-order valence-corrected chi connectivity index (χ4v) is 3.93. The Kier molecular flexibility index (Phi) is 5.98. The Morgan fingerprint density at radius 3 is 2.50 bits per heavy atom. The molecule has 0 fully saturated rings. The maximum atomic E-state index is 13.7. The fraction of sp³-hybridized carbons (Fsp3) is 0.261. The molecule has 0 spiro atoms. The van der Waals surface area contributed by atoms with Crippen molar-refractivity contribution in [2.24, 2.45) is 11.7 Å². The summed E-state index contributed by atoms with van der Waals surface area (Å²) >= 11 is 0. The van der Waals surface area contributed by atoms with E-state index in [1.165, 1.54) is 22.9 Å². The number of carbonyl (C=O) groups excluding carboxylic acids is 2. The molecule has 1 atom stereocenters. The molecule has 166 valence electrons. The van der Waals surface area contributed by atoms with E-state index in [2.05, 4.69) is 10.4 Å². The van der Waals surface area contributed by atoms with Crippen LogP contribution in [-0.2, 0) is 24.1 Å². The van der Waals surface area contributed by atoms with E-state index >= 15 is 0 Å². The van der Waals surface area contributed by atoms with E-state index in [1.54, 1.807) is 12.1 Å². The predicted octanol–water partition coefficient (Wildman–Crippen LogP) is 2.85. The summed E-state index contributed by atoms with van der Waals surface area (Å²) < 4.78 is 41.6. The number of rotatable bonds is 7. The van der Waals surface area contributed by atoms with E-state index in [0.29, 0.717) is 24.1 Å². The number of primary amides is 1. The van der Waals surface area contributed by atoms with Gasteiger partial charge in [0.05, 0.1) is 11.6 Å². The third-order valence-electron chi connectivity index (χ3n) is 5.60. The van der Waals surface area contributed by atoms with Crippen molar-refractivity contribution in [2.75, 3.05) is 6.54 Å². The number of hydrogen-bond acceptors (Lipinski definition) is 3. The van der Waals surface area contributed by atoms with Crippen LogP contribution < -0.4 is 11.1 Å². The predicted molar refractivity (Wildman–Crippen MR) is 111 cm³/mol. The molecule has 1 aliphatic carbocycles. The van der Waals surface area contributed by atoms with Gasteiger partial charge in [-0.25, -0.2) is 17.9 Å². The van der Waals surface area contributed by atoms with Crippen LogP contribution in [-0.4, -0.2) is 28.1 Å². The monoisotopic (exact) mass is 442 g/mol. The Balaban J connectivity index is 1.52. The van der Waals surface area contributed by atoms with Crippen molar-refractivity contribution in [1.82, 2.24) is 15.1 Å². The summed E-state index contributed by atoms with van der Waals surface area (Å²) in [5.41, 5.74) is 8.24. The second kappa shape index (κ2) is 8.86. The number of benzene rings is 2. The molecule has 0 bridgehead atoms. The van der Waals surface area contributed by atoms with Gasteiger partial charge in [-0.3, -0.25) is 9.59 Å². The Labute approximate surface area is 182 Å². The number of aromatic nitrogens is 2. The Hall–Kier alpha value is -3.62. The SMILES string of the molecule is NC(=O)C(CNC(=O)c1nn(-c2ccc(F)c(F)c2)c2c1CCC2)Cc1ccc(F)cc1. The molecule has 1 heterocycles. The molecule has 2 aromatic carbocycles. The zero-order valence-corrected chi connectivity index (χ0v) is 17.1. The first-order valence-electron chi connectivity index (χ1n) is 10.2. The smallest absolute Gasteiger partial charge is 0.272 e. The van der Waals surface area contributed by atoms with Crippen LogP contribution in [0, 0.1) is 23.4 Å². The highest BCUT2D eigenvalue weighted by Crippen LogP contribution is 2.28. The molecule has 2 amide bonds. The Bertz CT molecular complexity index is 1170. The summed E-state index contributed by atoms with van der Waals surface area (Å²) in [6.07, 6.45) is 2.35. The van der Waals surface area contributed by atoms with E-state index in [1.807, 2.05) is 0 Å². The summed E-state index contributed by atoms with van der Waals surface area (Å²) in [7, 11) is 0. The third-order valence-corrected chi connectivity index (χ3v) is 5.60. The minimum Gasteiger partial charge on any atom is -0.369 e. The van der Waals surface area contributed by atoms with Crippen LogP contribution in [0.5, 0.6) is 0 Å². The van der Waals surface area contributed by atoms with Crippen LogP contribution in [0.25, 0.3) is 5.69 Å². The fourth-order valence-electron chi connectivity index (χ4n) is 3.93. The quantitative estimate of drug-likeness (QED) is 0.590. The molecule has 6 nitrogen and oxygen atoms in total. The molecule has 1 aliphatic rings. The standard InChI is InChI=1S/C23H21F3N4O2/c24-15-6-4-13(5-7-15)10-14(22(27)31)12-28-23(32)21-17-2-1-3-20(17)30(29-21)16-8-9-18(25)19(26)11-16/h4-9,11,14H,1-3,10,12H2,(H2,27,31)(H,28,32). The molecule has 0 saturated heterocycles. The Morgan fingerprint density at radius 1 is 1.06 bits per heavy atom. The van der Waals surface area contributed by atoms with E-state index in [0.717, 1.165) is 29.8 Å². The average molecular weight is 442 g/mol. The highest BCUT2D eigenvalue weighted by Gasteiger charge is 2.28. The number of carbonyl (C=O) groups is 2. The third kappa shape index (κ3) is 4.37. The first-order chi connectivity index (χ1) is 15.3. The van der Waals surface area contributed by atoms with E-state index < -0.39 is 29.4 Å². The van der Waals surface area contributed by atoms with Gasteiger partial charge in [-0.1, -0.05) is 12.1 Å². The van der Waals surface area contributed by atoms with E-state index in [-0.39, 0.29) is 24.5 Å². The number of nitrogens with one attached hydrogen (secondary N) is 1. The summed E-state index contributed by atoms with van der Waals surface area (Å²) in [6, 6.07) is 9.15. The summed E-state index contributed by atoms with van der Waals surface area (Å²) in [6.45, 7) is -0.0155. The first-order valence-corrected chi connectivity index (χ1v) is 10.2. The molecular weight excluding hydrogens is 421 g/mol. The van der Waals surface area contributed by atoms with Gasteiger partial charge < -0.3 is 11.1 Å². The lowest BCUT2D eigenvalue weighted by Gasteiger charge is -2.14. The van der Waals surface area contributed by atoms with Crippen molar-refractivity contribution < 1.29 is 22.8 Å². The van der Waals surface area contributed by atoms with E-state index in [9.17, 15) is 22.8 Å². The number of hydrogen-bond donors (Lipinski definition) is 2. The van der Waals surface area contributed by atoms with Gasteiger partial charge in [0, 0.05) is 23.9 Å². The van der Waals surface area contributed by atoms with Crippen LogP contribution in [0.4, 0.5) is 13.2 Å². The van der Waals surface area contributed by atoms with Gasteiger partial charge in [0.25, 0.3) is 5.91 Å². The second-order valence-corrected chi connectivity index (χ2v) is 7.78. The highest BCUT2D eigenvalue weighted by molar-refractivity contribution is 5.94. The maximum absolute atomic E-state index is 13.7. The van der Waals surface area contributed by atoms with Gasteiger partial charge in [-0.05, 0) is 55.5 Å². The van der Waals surface area contributed by atoms with Crippen molar-refractivity contribution >= 4 is 11.8 Å². The molecule has 1 unspecified atom stereocenters. The number of nitrogens with two attached hydrogens (primary N) is 1. The average Bonchev–Trinajstić information content (AvgIpc) is 3.37. The zero-order valence-electron chi connectivity index (χ0n) is 17.1. The lowest BCUT2D eigenvalue weighted by Crippen LogP contribution is -2.37. The minimum atomic E-state index is -0.999. The van der Waals surface area contributed by atoms with Gasteiger partial charge in [0.1, 0.15) is 5.82 Å². The van der Waals surface area contributed by atoms with Crippen molar-refractivity contribution in [3.05, 3.63) is 82.4 Å². The lowest BCUT2D eigenvalue weighted by atomic mass is 9.98. The van der Waals surface area contributed by atoms with Gasteiger partial charge >= 0.3 is 0 Å². The lowest BCUT2D eigenvalue weighted by molar-refractivity contribution is -0.121. The van der Waals surface area contributed by atoms with Crippen LogP contribution in [0.3, 0.4) is 0 Å². The maximum Gasteiger partial charge on any atom is 0.272 e. The summed E-state index contributed by atoms with van der Waals surface area (Å²) in [5.74, 6) is -4.11. The summed E-state index contributed by atoms with van der Waals surface area (Å²) in [4.78, 5) is 24.7. The largest absolute Gasteiger partial charge is 0.369 e. The molecule has 3 N–H and O–H groups in total. The molecule has 0 aliphatic heterocycles. The number of halogens is 3. The molecular formula is C23H21F3N4O2. The van der Waals surface area contributed by atoms with Crippen LogP contribution in [0.1, 0.15) is 33.7 Å². The Morgan fingerprint density at radius 2 is 1.81 bits per heavy atom. The molecule has 4 rings (SSSR count). The van der Waals surface area contributed by atoms with Crippen molar-refractivity contribution in [3.63, 3.8) is 0 Å². The van der Waals surface area contributed by atoms with Crippen molar-refractivity contribution in [3.8, 4) is 5.69 Å². The van der Waals surface area contributed by atoms with Gasteiger partial charge in [0.2, 0.25) is 5.91 Å². The topological polar surface area (TPSA) is 90.0 Å². The zero-order chi connectivity index (χ0) is 22.8. The number of fused-ring (bicyclic) bond motifs is 1. The van der Waals surface area contributed by atoms with Gasteiger partial charge in [-0.15, -0.1) is 0 Å².